The minimum absolute atomic E-state index is 0.0651. The molecule has 43 heavy (non-hydrogen) atoms. The summed E-state index contributed by atoms with van der Waals surface area (Å²) < 4.78 is 18.0. The van der Waals surface area contributed by atoms with Crippen LogP contribution in [-0.4, -0.2) is 84.5 Å². The third-order valence-electron chi connectivity index (χ3n) is 7.24. The summed E-state index contributed by atoms with van der Waals surface area (Å²) in [6.07, 6.45) is 3.03. The van der Waals surface area contributed by atoms with Gasteiger partial charge in [-0.3, -0.25) is 19.8 Å². The highest BCUT2D eigenvalue weighted by atomic mass is 16.5. The molecular weight excluding hydrogens is 554 g/mol. The first-order valence-electron chi connectivity index (χ1n) is 14.8. The number of nitrogens with zero attached hydrogens (tertiary/aromatic N) is 3. The van der Waals surface area contributed by atoms with Crippen molar-refractivity contribution in [2.45, 2.75) is 65.5 Å². The summed E-state index contributed by atoms with van der Waals surface area (Å²) in [7, 11) is 1.51. The number of carbonyl (C=O) groups is 3. The van der Waals surface area contributed by atoms with Crippen LogP contribution in [0.4, 0.5) is 5.69 Å². The molecule has 2 aliphatic heterocycles. The van der Waals surface area contributed by atoms with Gasteiger partial charge in [-0.2, -0.15) is 0 Å². The first-order valence-corrected chi connectivity index (χ1v) is 14.8. The van der Waals surface area contributed by atoms with E-state index in [1.165, 1.54) is 7.05 Å². The van der Waals surface area contributed by atoms with E-state index < -0.39 is 11.9 Å². The van der Waals surface area contributed by atoms with Gasteiger partial charge in [0, 0.05) is 44.2 Å². The lowest BCUT2D eigenvalue weighted by molar-refractivity contribution is -0.137. The van der Waals surface area contributed by atoms with Crippen LogP contribution in [0.5, 0.6) is 17.2 Å². The molecule has 12 nitrogen and oxygen atoms in total. The molecule has 0 spiro atoms. The van der Waals surface area contributed by atoms with Gasteiger partial charge < -0.3 is 34.4 Å². The van der Waals surface area contributed by atoms with E-state index in [2.05, 4.69) is 15.2 Å². The van der Waals surface area contributed by atoms with E-state index >= 15 is 0 Å². The summed E-state index contributed by atoms with van der Waals surface area (Å²) in [5.74, 6) is -0.0311. The van der Waals surface area contributed by atoms with Crippen LogP contribution < -0.4 is 24.4 Å². The SMILES string of the molecule is CCOc1cc2c(nc1C(=O)NC)C(=N)N(CC(=O)c1cc(OC(C)C)c(OCCCCC(=O)O)c(N3CCCC3)c1)C2. The highest BCUT2D eigenvalue weighted by molar-refractivity contribution is 6.06. The highest BCUT2D eigenvalue weighted by Crippen LogP contribution is 2.41. The average molecular weight is 596 g/mol. The Bertz CT molecular complexity index is 1370. The van der Waals surface area contributed by atoms with Gasteiger partial charge in [0.15, 0.2) is 28.7 Å². The topological polar surface area (TPSA) is 154 Å². The van der Waals surface area contributed by atoms with Crippen molar-refractivity contribution in [3.63, 3.8) is 0 Å². The van der Waals surface area contributed by atoms with Crippen molar-refractivity contribution in [2.24, 2.45) is 0 Å². The molecule has 1 amide bonds. The van der Waals surface area contributed by atoms with E-state index in [0.717, 1.165) is 31.6 Å². The molecule has 2 aliphatic rings. The summed E-state index contributed by atoms with van der Waals surface area (Å²) in [6, 6.07) is 5.24. The Hall–Kier alpha value is -4.35. The van der Waals surface area contributed by atoms with E-state index in [1.54, 1.807) is 17.0 Å². The van der Waals surface area contributed by atoms with Gasteiger partial charge in [0.25, 0.3) is 5.91 Å². The number of carbonyl (C=O) groups excluding carboxylic acids is 2. The van der Waals surface area contributed by atoms with Crippen molar-refractivity contribution >= 4 is 29.2 Å². The van der Waals surface area contributed by atoms with Crippen molar-refractivity contribution in [3.05, 3.63) is 40.7 Å². The van der Waals surface area contributed by atoms with E-state index in [0.29, 0.717) is 60.1 Å². The number of unbranched alkanes of at least 4 members (excludes halogenated alkanes) is 1. The Balaban J connectivity index is 1.60. The molecule has 12 heteroatoms. The summed E-state index contributed by atoms with van der Waals surface area (Å²) in [5.41, 5.74) is 2.37. The van der Waals surface area contributed by atoms with Crippen LogP contribution in [-0.2, 0) is 11.3 Å². The van der Waals surface area contributed by atoms with Crippen molar-refractivity contribution in [2.75, 3.05) is 44.8 Å². The second-order valence-electron chi connectivity index (χ2n) is 10.9. The number of nitrogens with one attached hydrogen (secondary N) is 2. The molecule has 1 saturated heterocycles. The molecule has 0 radical (unpaired) electrons. The Labute approximate surface area is 251 Å². The molecule has 1 aromatic carbocycles. The normalized spacial score (nSPS) is 14.2. The van der Waals surface area contributed by atoms with Crippen molar-refractivity contribution in [1.82, 2.24) is 15.2 Å². The third-order valence-corrected chi connectivity index (χ3v) is 7.24. The van der Waals surface area contributed by atoms with Crippen LogP contribution >= 0.6 is 0 Å². The first kappa shape index (κ1) is 31.6. The number of anilines is 1. The van der Waals surface area contributed by atoms with Gasteiger partial charge in [0.05, 0.1) is 31.5 Å². The second-order valence-corrected chi connectivity index (χ2v) is 10.9. The molecule has 1 aromatic heterocycles. The zero-order chi connectivity index (χ0) is 31.1. The predicted octanol–water partition coefficient (Wildman–Crippen LogP) is 3.88. The van der Waals surface area contributed by atoms with Gasteiger partial charge in [-0.15, -0.1) is 0 Å². The number of amides is 1. The fraction of sp³-hybridized carbons (Fsp3) is 0.516. The lowest BCUT2D eigenvalue weighted by Gasteiger charge is -2.26. The quantitative estimate of drug-likeness (QED) is 0.204. The monoisotopic (exact) mass is 595 g/mol. The van der Waals surface area contributed by atoms with Gasteiger partial charge in [0.2, 0.25) is 0 Å². The Kier molecular flexibility index (Phi) is 10.4. The molecule has 232 valence electrons. The minimum Gasteiger partial charge on any atom is -0.491 e. The number of ketones is 1. The second kappa shape index (κ2) is 14.2. The molecular formula is C31H41N5O7. The summed E-state index contributed by atoms with van der Waals surface area (Å²) >= 11 is 0. The molecule has 0 saturated carbocycles. The lowest BCUT2D eigenvalue weighted by atomic mass is 10.1. The molecule has 2 aromatic rings. The first-order chi connectivity index (χ1) is 20.6. The number of carboxylic acid groups (broad SMARTS) is 1. The molecule has 0 unspecified atom stereocenters. The van der Waals surface area contributed by atoms with Gasteiger partial charge in [-0.05, 0) is 64.7 Å². The molecule has 0 bridgehead atoms. The summed E-state index contributed by atoms with van der Waals surface area (Å²) in [5, 5.41) is 20.2. The minimum atomic E-state index is -0.837. The number of Topliss-reactive ketones (excluding diaryl/α,β-unsaturated/α-hetero) is 1. The zero-order valence-corrected chi connectivity index (χ0v) is 25.3. The van der Waals surface area contributed by atoms with E-state index in [1.807, 2.05) is 26.8 Å². The fourth-order valence-corrected chi connectivity index (χ4v) is 5.22. The van der Waals surface area contributed by atoms with Crippen LogP contribution in [0, 0.1) is 5.41 Å². The molecule has 4 rings (SSSR count). The number of amidine groups is 1. The van der Waals surface area contributed by atoms with Crippen molar-refractivity contribution in [3.8, 4) is 17.2 Å². The molecule has 3 heterocycles. The standard InChI is InChI=1S/C31H41N5O7/c1-5-41-24-16-21-17-36(30(32)27(21)34-28(24)31(40)33-4)18-23(37)20-14-22(35-11-7-8-12-35)29(25(15-20)43-19(2)3)42-13-9-6-10-26(38)39/h14-16,19,32H,5-13,17-18H2,1-4H3,(H,33,40)(H,38,39). The maximum absolute atomic E-state index is 13.7. The molecule has 0 atom stereocenters. The van der Waals surface area contributed by atoms with Gasteiger partial charge >= 0.3 is 5.97 Å². The highest BCUT2D eigenvalue weighted by Gasteiger charge is 2.32. The lowest BCUT2D eigenvalue weighted by Crippen LogP contribution is -2.31. The van der Waals surface area contributed by atoms with E-state index in [4.69, 9.17) is 24.7 Å². The van der Waals surface area contributed by atoms with Gasteiger partial charge in [-0.25, -0.2) is 4.98 Å². The number of ether oxygens (including phenoxy) is 3. The van der Waals surface area contributed by atoms with E-state index in [-0.39, 0.29) is 42.9 Å². The summed E-state index contributed by atoms with van der Waals surface area (Å²) in [6.45, 7) is 8.16. The van der Waals surface area contributed by atoms with E-state index in [9.17, 15) is 14.4 Å². The van der Waals surface area contributed by atoms with Crippen LogP contribution in [0.1, 0.15) is 85.0 Å². The van der Waals surface area contributed by atoms with Crippen LogP contribution in [0.3, 0.4) is 0 Å². The Morgan fingerprint density at radius 2 is 1.84 bits per heavy atom. The maximum Gasteiger partial charge on any atom is 0.303 e. The van der Waals surface area contributed by atoms with Crippen LogP contribution in [0.2, 0.25) is 0 Å². The number of rotatable bonds is 15. The number of aliphatic carboxylic acids is 1. The molecule has 3 N–H and O–H groups in total. The largest absolute Gasteiger partial charge is 0.491 e. The average Bonchev–Trinajstić information content (AvgIpc) is 3.60. The fourth-order valence-electron chi connectivity index (χ4n) is 5.22. The Morgan fingerprint density at radius 3 is 2.49 bits per heavy atom. The number of aromatic nitrogens is 1. The predicted molar refractivity (Wildman–Crippen MR) is 161 cm³/mol. The molecule has 0 aliphatic carbocycles. The maximum atomic E-state index is 13.7. The molecule has 1 fully saturated rings. The zero-order valence-electron chi connectivity index (χ0n) is 25.3. The number of hydrogen-bond donors (Lipinski definition) is 3. The number of hydrogen-bond acceptors (Lipinski definition) is 9. The van der Waals surface area contributed by atoms with Crippen LogP contribution in [0.25, 0.3) is 0 Å². The number of pyridine rings is 1. The smallest absolute Gasteiger partial charge is 0.303 e. The Morgan fingerprint density at radius 1 is 1.09 bits per heavy atom. The van der Waals surface area contributed by atoms with Crippen molar-refractivity contribution < 1.29 is 33.7 Å². The summed E-state index contributed by atoms with van der Waals surface area (Å²) in [4.78, 5) is 45.3. The third kappa shape index (κ3) is 7.54. The number of carboxylic acids is 1. The van der Waals surface area contributed by atoms with Crippen molar-refractivity contribution in [1.29, 1.82) is 5.41 Å². The van der Waals surface area contributed by atoms with Gasteiger partial charge in [-0.1, -0.05) is 0 Å². The van der Waals surface area contributed by atoms with Crippen LogP contribution in [0.15, 0.2) is 18.2 Å². The van der Waals surface area contributed by atoms with Gasteiger partial charge in [0.1, 0.15) is 11.5 Å². The number of fused-ring (bicyclic) bond motifs is 1. The number of benzene rings is 1.